The van der Waals surface area contributed by atoms with Crippen LogP contribution in [0.1, 0.15) is 44.9 Å². The van der Waals surface area contributed by atoms with Crippen LogP contribution in [0.15, 0.2) is 91.5 Å². The van der Waals surface area contributed by atoms with E-state index in [1.165, 1.54) is 60.4 Å². The third-order valence-electron chi connectivity index (χ3n) is 6.25. The third kappa shape index (κ3) is 7.15. The molecule has 0 N–H and O–H groups in total. The largest absolute Gasteiger partial charge is 0.494 e. The van der Waals surface area contributed by atoms with Crippen molar-refractivity contribution < 1.29 is 13.9 Å². The van der Waals surface area contributed by atoms with Crippen LogP contribution in [0.2, 0.25) is 0 Å². The van der Waals surface area contributed by atoms with Gasteiger partial charge in [-0.15, -0.1) is 0 Å². The van der Waals surface area contributed by atoms with Crippen LogP contribution in [0.25, 0.3) is 21.9 Å². The zero-order valence-electron chi connectivity index (χ0n) is 19.8. The number of fused-ring (bicyclic) bond motifs is 1. The fraction of sp³-hybridized carbons (Fsp3) is 0.333. The van der Waals surface area contributed by atoms with Gasteiger partial charge in [0.15, 0.2) is 24.8 Å². The van der Waals surface area contributed by atoms with Crippen LogP contribution in [0.3, 0.4) is 0 Å². The lowest BCUT2D eigenvalue weighted by Crippen LogP contribution is -2.32. The summed E-state index contributed by atoms with van der Waals surface area (Å²) >= 11 is 0. The minimum absolute atomic E-state index is 0.812. The average molecular weight is 441 g/mol. The van der Waals surface area contributed by atoms with Crippen molar-refractivity contribution in [1.82, 2.24) is 0 Å². The van der Waals surface area contributed by atoms with Crippen molar-refractivity contribution in [2.45, 2.75) is 51.5 Å². The Morgan fingerprint density at radius 3 is 1.94 bits per heavy atom. The molecule has 3 heteroatoms. The highest BCUT2D eigenvalue weighted by atomic mass is 16.5. The van der Waals surface area contributed by atoms with Crippen LogP contribution < -0.4 is 13.9 Å². The van der Waals surface area contributed by atoms with Crippen molar-refractivity contribution in [2.24, 2.45) is 7.05 Å². The topological polar surface area (TPSA) is 17.0 Å². The van der Waals surface area contributed by atoms with E-state index < -0.39 is 0 Å². The first kappa shape index (κ1) is 23.0. The number of unbranched alkanes of at least 4 members (excludes halogenated alkanes) is 6. The van der Waals surface area contributed by atoms with Gasteiger partial charge in [-0.1, -0.05) is 56.0 Å². The van der Waals surface area contributed by atoms with E-state index in [9.17, 15) is 0 Å². The zero-order chi connectivity index (χ0) is 22.7. The molecular weight excluding hydrogens is 404 g/mol. The number of hydrogen-bond donors (Lipinski definition) is 0. The normalized spacial score (nSPS) is 11.1. The highest BCUT2D eigenvalue weighted by Gasteiger charge is 2.04. The molecule has 0 saturated heterocycles. The van der Waals surface area contributed by atoms with Crippen LogP contribution in [-0.4, -0.2) is 6.61 Å². The van der Waals surface area contributed by atoms with E-state index >= 15 is 0 Å². The van der Waals surface area contributed by atoms with E-state index in [1.807, 2.05) is 7.05 Å². The molecule has 0 aliphatic carbocycles. The van der Waals surface area contributed by atoms with E-state index in [4.69, 9.17) is 4.74 Å². The van der Waals surface area contributed by atoms with Gasteiger partial charge in [0.25, 0.3) is 0 Å². The molecule has 170 valence electrons. The highest BCUT2D eigenvalue weighted by molar-refractivity contribution is 5.83. The first-order valence-corrected chi connectivity index (χ1v) is 12.3. The molecule has 4 aromatic rings. The summed E-state index contributed by atoms with van der Waals surface area (Å²) in [5.74, 6) is 0.983. The molecule has 0 radical (unpaired) electrons. The van der Waals surface area contributed by atoms with E-state index in [2.05, 4.69) is 101 Å². The maximum Gasteiger partial charge on any atom is 0.169 e. The molecule has 0 unspecified atom stereocenters. The molecule has 0 saturated carbocycles. The SMILES string of the molecule is C[n+]1ccc(-c2cc[n+](CCCCCCCCCOc3ccc4ccccc4c3)cc2)cc1. The number of rotatable bonds is 12. The Labute approximate surface area is 198 Å². The quantitative estimate of drug-likeness (QED) is 0.183. The van der Waals surface area contributed by atoms with E-state index in [0.717, 1.165) is 25.3 Å². The highest BCUT2D eigenvalue weighted by Crippen LogP contribution is 2.21. The van der Waals surface area contributed by atoms with Crippen molar-refractivity contribution in [1.29, 1.82) is 0 Å². The maximum atomic E-state index is 5.95. The van der Waals surface area contributed by atoms with E-state index in [-0.39, 0.29) is 0 Å². The second-order valence-corrected chi connectivity index (χ2v) is 8.91. The van der Waals surface area contributed by atoms with Gasteiger partial charge in [0.1, 0.15) is 19.3 Å². The van der Waals surface area contributed by atoms with Gasteiger partial charge in [0, 0.05) is 30.7 Å². The summed E-state index contributed by atoms with van der Waals surface area (Å²) in [6, 6.07) is 23.5. The molecule has 3 nitrogen and oxygen atoms in total. The summed E-state index contributed by atoms with van der Waals surface area (Å²) in [6.45, 7) is 1.91. The number of nitrogens with zero attached hydrogens (tertiary/aromatic N) is 2. The van der Waals surface area contributed by atoms with Crippen molar-refractivity contribution >= 4 is 10.8 Å². The standard InChI is InChI=1S/C30H36N2O/c1-31-20-15-27(16-21-31)28-17-22-32(23-18-28)19-9-5-3-2-4-6-10-24-33-30-14-13-26-11-7-8-12-29(26)25-30/h7-8,11-18,20-23,25H,2-6,9-10,19,24H2,1H3/q+2. The summed E-state index contributed by atoms with van der Waals surface area (Å²) in [4.78, 5) is 0. The Balaban J connectivity index is 1.04. The number of pyridine rings is 2. The van der Waals surface area contributed by atoms with Gasteiger partial charge in [-0.3, -0.25) is 0 Å². The lowest BCUT2D eigenvalue weighted by molar-refractivity contribution is -0.697. The Kier molecular flexibility index (Phi) is 8.46. The Morgan fingerprint density at radius 2 is 1.21 bits per heavy atom. The van der Waals surface area contributed by atoms with Crippen LogP contribution in [0.5, 0.6) is 5.75 Å². The maximum absolute atomic E-state index is 5.95. The zero-order valence-corrected chi connectivity index (χ0v) is 19.8. The van der Waals surface area contributed by atoms with Crippen molar-refractivity contribution in [3.8, 4) is 16.9 Å². The Bertz CT molecular complexity index is 1120. The monoisotopic (exact) mass is 440 g/mol. The van der Waals surface area contributed by atoms with Crippen LogP contribution >= 0.6 is 0 Å². The molecule has 33 heavy (non-hydrogen) atoms. The number of aryl methyl sites for hydroxylation is 2. The Hall–Kier alpha value is -3.20. The molecule has 0 aliphatic heterocycles. The minimum Gasteiger partial charge on any atom is -0.494 e. The molecule has 2 heterocycles. The van der Waals surface area contributed by atoms with Crippen molar-refractivity contribution in [2.75, 3.05) is 6.61 Å². The molecule has 0 amide bonds. The minimum atomic E-state index is 0.812. The predicted molar refractivity (Wildman–Crippen MR) is 135 cm³/mol. The molecule has 0 bridgehead atoms. The second kappa shape index (κ2) is 12.2. The number of benzene rings is 2. The molecule has 2 aromatic carbocycles. The molecule has 4 rings (SSSR count). The summed E-state index contributed by atoms with van der Waals surface area (Å²) in [5.41, 5.74) is 2.54. The van der Waals surface area contributed by atoms with Gasteiger partial charge >= 0.3 is 0 Å². The molecule has 2 aromatic heterocycles. The van der Waals surface area contributed by atoms with E-state index in [1.54, 1.807) is 0 Å². The van der Waals surface area contributed by atoms with Gasteiger partial charge in [-0.2, -0.15) is 0 Å². The third-order valence-corrected chi connectivity index (χ3v) is 6.25. The predicted octanol–water partition coefficient (Wildman–Crippen LogP) is 6.43. The smallest absolute Gasteiger partial charge is 0.169 e. The van der Waals surface area contributed by atoms with Crippen LogP contribution in [0.4, 0.5) is 0 Å². The fourth-order valence-corrected chi connectivity index (χ4v) is 4.22. The van der Waals surface area contributed by atoms with Gasteiger partial charge in [0.05, 0.1) is 6.61 Å². The van der Waals surface area contributed by atoms with Gasteiger partial charge < -0.3 is 4.74 Å². The lowest BCUT2D eigenvalue weighted by Gasteiger charge is -2.07. The summed E-state index contributed by atoms with van der Waals surface area (Å²) in [7, 11) is 2.05. The van der Waals surface area contributed by atoms with Crippen LogP contribution in [0, 0.1) is 0 Å². The summed E-state index contributed by atoms with van der Waals surface area (Å²) < 4.78 is 10.3. The Morgan fingerprint density at radius 1 is 0.606 bits per heavy atom. The molecule has 0 fully saturated rings. The average Bonchev–Trinajstić information content (AvgIpc) is 2.86. The fourth-order valence-electron chi connectivity index (χ4n) is 4.22. The number of aromatic nitrogens is 2. The first-order valence-electron chi connectivity index (χ1n) is 12.3. The molecule has 0 spiro atoms. The number of ether oxygens (including phenoxy) is 1. The summed E-state index contributed by atoms with van der Waals surface area (Å²) in [5, 5.41) is 2.51. The molecule has 0 aliphatic rings. The first-order chi connectivity index (χ1) is 16.3. The molecular formula is C30H36N2O+2. The summed E-state index contributed by atoms with van der Waals surface area (Å²) in [6.07, 6.45) is 17.5. The van der Waals surface area contributed by atoms with Crippen molar-refractivity contribution in [3.05, 3.63) is 91.5 Å². The van der Waals surface area contributed by atoms with Gasteiger partial charge in [-0.05, 0) is 46.9 Å². The van der Waals surface area contributed by atoms with Crippen molar-refractivity contribution in [3.63, 3.8) is 0 Å². The van der Waals surface area contributed by atoms with Crippen LogP contribution in [-0.2, 0) is 13.6 Å². The molecule has 0 atom stereocenters. The van der Waals surface area contributed by atoms with Gasteiger partial charge in [0.2, 0.25) is 0 Å². The second-order valence-electron chi connectivity index (χ2n) is 8.91. The lowest BCUT2D eigenvalue weighted by atomic mass is 10.1. The van der Waals surface area contributed by atoms with E-state index in [0.29, 0.717) is 0 Å². The number of hydrogen-bond acceptors (Lipinski definition) is 1. The van der Waals surface area contributed by atoms with Gasteiger partial charge in [-0.25, -0.2) is 9.13 Å².